The molecule has 58 heavy (non-hydrogen) atoms. The molecule has 0 unspecified atom stereocenters. The van der Waals surface area contributed by atoms with Crippen molar-refractivity contribution in [2.45, 2.75) is 32.6 Å². The molecule has 0 radical (unpaired) electrons. The summed E-state index contributed by atoms with van der Waals surface area (Å²) in [5, 5.41) is 12.4. The number of carbonyl (C=O) groups excluding carboxylic acids is 1. The molecule has 0 fully saturated rings. The summed E-state index contributed by atoms with van der Waals surface area (Å²) in [6.07, 6.45) is 2.07. The molecule has 4 aromatic carbocycles. The summed E-state index contributed by atoms with van der Waals surface area (Å²) in [6.45, 7) is 9.06. The number of aromatic nitrogens is 4. The molecule has 6 aromatic rings. The third kappa shape index (κ3) is 11.2. The third-order valence-corrected chi connectivity index (χ3v) is 8.90. The van der Waals surface area contributed by atoms with Gasteiger partial charge in [0, 0.05) is 54.1 Å². The fourth-order valence-electron chi connectivity index (χ4n) is 5.93. The highest BCUT2D eigenvalue weighted by Crippen LogP contribution is 2.35. The molecule has 0 aliphatic heterocycles. The first-order chi connectivity index (χ1) is 28.1. The van der Waals surface area contributed by atoms with Crippen molar-refractivity contribution in [3.05, 3.63) is 114 Å². The van der Waals surface area contributed by atoms with Crippen molar-refractivity contribution >= 4 is 28.3 Å². The number of hydrogen-bond donors (Lipinski definition) is 2. The average Bonchev–Trinajstić information content (AvgIpc) is 3.65. The highest BCUT2D eigenvalue weighted by molar-refractivity contribution is 6.07. The van der Waals surface area contributed by atoms with E-state index in [1.54, 1.807) is 44.3 Å². The van der Waals surface area contributed by atoms with Crippen molar-refractivity contribution < 1.29 is 38.0 Å². The molecule has 304 valence electrons. The molecule has 2 aromatic heterocycles. The molecule has 0 saturated heterocycles. The summed E-state index contributed by atoms with van der Waals surface area (Å²) < 4.78 is 40.9. The van der Waals surface area contributed by atoms with Crippen molar-refractivity contribution in [2.24, 2.45) is 0 Å². The Hall–Kier alpha value is -6.22. The summed E-state index contributed by atoms with van der Waals surface area (Å²) in [5.41, 5.74) is 2.87. The predicted molar refractivity (Wildman–Crippen MR) is 222 cm³/mol. The van der Waals surface area contributed by atoms with Gasteiger partial charge in [-0.3, -0.25) is 5.32 Å². The second-order valence-corrected chi connectivity index (χ2v) is 14.2. The lowest BCUT2D eigenvalue weighted by Crippen LogP contribution is -2.21. The number of nitrogens with one attached hydrogen (secondary N) is 2. The normalized spacial score (nSPS) is 11.3. The largest absolute Gasteiger partial charge is 0.497 e. The van der Waals surface area contributed by atoms with Crippen molar-refractivity contribution in [1.29, 1.82) is 0 Å². The zero-order valence-electron chi connectivity index (χ0n) is 33.7. The van der Waals surface area contributed by atoms with E-state index in [2.05, 4.69) is 36.4 Å². The minimum atomic E-state index is -0.423. The Labute approximate surface area is 338 Å². The first kappa shape index (κ1) is 41.4. The van der Waals surface area contributed by atoms with Crippen LogP contribution in [0.25, 0.3) is 16.5 Å². The molecule has 2 heterocycles. The van der Waals surface area contributed by atoms with Crippen molar-refractivity contribution in [1.82, 2.24) is 19.7 Å². The number of hydrogen-bond acceptors (Lipinski definition) is 11. The van der Waals surface area contributed by atoms with Gasteiger partial charge in [-0.2, -0.15) is 10.1 Å². The molecule has 2 N–H and O–H groups in total. The first-order valence-electron chi connectivity index (χ1n) is 18.9. The van der Waals surface area contributed by atoms with Crippen LogP contribution in [0, 0.1) is 0 Å². The maximum absolute atomic E-state index is 13.6. The van der Waals surface area contributed by atoms with Gasteiger partial charge in [-0.15, -0.1) is 0 Å². The molecule has 0 bridgehead atoms. The van der Waals surface area contributed by atoms with Gasteiger partial charge in [0.25, 0.3) is 0 Å². The molecule has 2 amide bonds. The second kappa shape index (κ2) is 19.8. The molecular formula is C44H50N6O8. The van der Waals surface area contributed by atoms with E-state index in [-0.39, 0.29) is 5.41 Å². The number of nitrogens with zero attached hydrogens (tertiary/aromatic N) is 4. The van der Waals surface area contributed by atoms with Gasteiger partial charge < -0.3 is 38.5 Å². The van der Waals surface area contributed by atoms with Crippen LogP contribution in [-0.4, -0.2) is 86.8 Å². The van der Waals surface area contributed by atoms with E-state index < -0.39 is 6.03 Å². The fraction of sp³-hybridized carbons (Fsp3) is 0.318. The number of benzene rings is 4. The number of anilines is 2. The minimum Gasteiger partial charge on any atom is -0.497 e. The van der Waals surface area contributed by atoms with Gasteiger partial charge >= 0.3 is 6.03 Å². The molecular weight excluding hydrogens is 741 g/mol. The quantitative estimate of drug-likeness (QED) is 0.0765. The number of amides is 2. The van der Waals surface area contributed by atoms with Crippen LogP contribution in [0.5, 0.6) is 28.9 Å². The van der Waals surface area contributed by atoms with Gasteiger partial charge in [-0.25, -0.2) is 14.5 Å². The molecule has 6 rings (SSSR count). The van der Waals surface area contributed by atoms with Crippen LogP contribution in [-0.2, 0) is 26.0 Å². The molecule has 0 aliphatic carbocycles. The SMILES string of the molecule is COCCOCCOCCOc1cc(Cc2nccc(Oc3ccc(NC(=O)Nc4cc(C(C)(C)C)nn4-c4ccc(OC)cc4)c4ccccc34)n2)cc(OC)c1. The molecule has 14 heteroatoms. The molecule has 0 saturated carbocycles. The van der Waals surface area contributed by atoms with Gasteiger partial charge in [-0.1, -0.05) is 45.0 Å². The maximum Gasteiger partial charge on any atom is 0.324 e. The number of methoxy groups -OCH3 is 3. The van der Waals surface area contributed by atoms with Crippen LogP contribution in [0.15, 0.2) is 97.2 Å². The molecule has 0 spiro atoms. The van der Waals surface area contributed by atoms with Crippen LogP contribution in [0.3, 0.4) is 0 Å². The second-order valence-electron chi connectivity index (χ2n) is 14.2. The van der Waals surface area contributed by atoms with E-state index in [1.807, 2.05) is 78.9 Å². The monoisotopic (exact) mass is 790 g/mol. The molecule has 0 atom stereocenters. The van der Waals surface area contributed by atoms with E-state index >= 15 is 0 Å². The zero-order chi connectivity index (χ0) is 40.9. The van der Waals surface area contributed by atoms with Crippen molar-refractivity contribution in [3.8, 4) is 34.6 Å². The first-order valence-corrected chi connectivity index (χ1v) is 18.9. The van der Waals surface area contributed by atoms with E-state index in [4.69, 9.17) is 43.2 Å². The lowest BCUT2D eigenvalue weighted by Gasteiger charge is -2.14. The van der Waals surface area contributed by atoms with E-state index in [9.17, 15) is 4.79 Å². The standard InChI is InChI=1S/C44H50N6O8/c1-44(2,3)39-29-41(50(49-39)31-11-13-32(53-5)14-12-31)48-43(51)46-37-15-16-38(36-10-8-7-9-35(36)37)58-42-17-18-45-40(47-42)27-30-25-33(54-6)28-34(26-30)57-24-23-56-22-21-55-20-19-52-4/h7-18,25-26,28-29H,19-24,27H2,1-6H3,(H2,46,48,51). The average molecular weight is 791 g/mol. The van der Waals surface area contributed by atoms with Crippen molar-refractivity contribution in [2.75, 3.05) is 71.6 Å². The number of ether oxygens (including phenoxy) is 7. The summed E-state index contributed by atoms with van der Waals surface area (Å²) in [5.74, 6) is 4.04. The van der Waals surface area contributed by atoms with Gasteiger partial charge in [0.05, 0.1) is 64.3 Å². The summed E-state index contributed by atoms with van der Waals surface area (Å²) in [7, 11) is 4.87. The van der Waals surface area contributed by atoms with Crippen LogP contribution >= 0.6 is 0 Å². The highest BCUT2D eigenvalue weighted by atomic mass is 16.6. The van der Waals surface area contributed by atoms with Crippen LogP contribution < -0.4 is 29.6 Å². The van der Waals surface area contributed by atoms with E-state index in [0.717, 1.165) is 33.5 Å². The number of rotatable bonds is 19. The van der Waals surface area contributed by atoms with Gasteiger partial charge in [0.15, 0.2) is 0 Å². The predicted octanol–water partition coefficient (Wildman–Crippen LogP) is 8.22. The lowest BCUT2D eigenvalue weighted by molar-refractivity contribution is 0.0179. The van der Waals surface area contributed by atoms with E-state index in [1.165, 1.54) is 0 Å². The maximum atomic E-state index is 13.6. The topological polar surface area (TPSA) is 149 Å². The van der Waals surface area contributed by atoms with E-state index in [0.29, 0.717) is 86.5 Å². The van der Waals surface area contributed by atoms with Crippen LogP contribution in [0.4, 0.5) is 16.3 Å². The number of fused-ring (bicyclic) bond motifs is 1. The van der Waals surface area contributed by atoms with Crippen molar-refractivity contribution in [3.63, 3.8) is 0 Å². The molecule has 0 aliphatic rings. The summed E-state index contributed by atoms with van der Waals surface area (Å²) in [4.78, 5) is 22.8. The minimum absolute atomic E-state index is 0.244. The van der Waals surface area contributed by atoms with Gasteiger partial charge in [-0.05, 0) is 54.1 Å². The Balaban J connectivity index is 1.12. The Morgan fingerprint density at radius 1 is 0.724 bits per heavy atom. The highest BCUT2D eigenvalue weighted by Gasteiger charge is 2.22. The summed E-state index contributed by atoms with van der Waals surface area (Å²) >= 11 is 0. The third-order valence-electron chi connectivity index (χ3n) is 8.90. The zero-order valence-corrected chi connectivity index (χ0v) is 33.7. The Morgan fingerprint density at radius 2 is 1.43 bits per heavy atom. The van der Waals surface area contributed by atoms with Gasteiger partial charge in [0.2, 0.25) is 5.88 Å². The smallest absolute Gasteiger partial charge is 0.324 e. The Kier molecular flexibility index (Phi) is 14.1. The van der Waals surface area contributed by atoms with Crippen LogP contribution in [0.2, 0.25) is 0 Å². The number of urea groups is 1. The lowest BCUT2D eigenvalue weighted by atomic mass is 9.92. The molecule has 14 nitrogen and oxygen atoms in total. The van der Waals surface area contributed by atoms with Crippen LogP contribution in [0.1, 0.15) is 37.9 Å². The number of carbonyl (C=O) groups is 1. The summed E-state index contributed by atoms with van der Waals surface area (Å²) in [6, 6.07) is 27.6. The Bertz CT molecular complexity index is 2270. The Morgan fingerprint density at radius 3 is 2.16 bits per heavy atom. The fourth-order valence-corrected chi connectivity index (χ4v) is 5.93. The van der Waals surface area contributed by atoms with Gasteiger partial charge in [0.1, 0.15) is 41.2 Å².